The highest BCUT2D eigenvalue weighted by molar-refractivity contribution is 5.81. The summed E-state index contributed by atoms with van der Waals surface area (Å²) in [5, 5.41) is 1.83. The summed E-state index contributed by atoms with van der Waals surface area (Å²) in [6, 6.07) is 6.65. The number of fused-ring (bicyclic) bond motifs is 1. The van der Waals surface area contributed by atoms with Gasteiger partial charge in [0.25, 0.3) is 0 Å². The van der Waals surface area contributed by atoms with Gasteiger partial charge in [-0.05, 0) is 48.9 Å². The van der Waals surface area contributed by atoms with Crippen LogP contribution >= 0.6 is 0 Å². The van der Waals surface area contributed by atoms with Gasteiger partial charge in [-0.2, -0.15) is 0 Å². The summed E-state index contributed by atoms with van der Waals surface area (Å²) in [5.74, 6) is -0.221. The molecular weight excluding hydrogens is 257 g/mol. The molecule has 0 aliphatic carbocycles. The maximum atomic E-state index is 13.2. The maximum absolute atomic E-state index is 13.2. The Morgan fingerprint density at radius 2 is 2.20 bits per heavy atom. The molecule has 0 radical (unpaired) electrons. The molecule has 0 unspecified atom stereocenters. The van der Waals surface area contributed by atoms with Crippen molar-refractivity contribution in [3.8, 4) is 0 Å². The van der Waals surface area contributed by atoms with E-state index in [0.29, 0.717) is 13.0 Å². The second kappa shape index (κ2) is 6.29. The van der Waals surface area contributed by atoms with E-state index in [1.807, 2.05) is 6.07 Å². The molecule has 1 atom stereocenters. The lowest BCUT2D eigenvalue weighted by molar-refractivity contribution is -0.161. The van der Waals surface area contributed by atoms with Gasteiger partial charge in [-0.25, -0.2) is 4.39 Å². The van der Waals surface area contributed by atoms with Crippen molar-refractivity contribution in [2.75, 3.05) is 13.2 Å². The van der Waals surface area contributed by atoms with Gasteiger partial charge < -0.3 is 9.47 Å². The van der Waals surface area contributed by atoms with Crippen LogP contribution in [0.5, 0.6) is 0 Å². The summed E-state index contributed by atoms with van der Waals surface area (Å²) in [7, 11) is 0. The molecule has 2 heterocycles. The molecule has 0 bridgehead atoms. The van der Waals surface area contributed by atoms with Crippen molar-refractivity contribution in [3.05, 3.63) is 42.0 Å². The largest absolute Gasteiger partial charge is 0.353 e. The third-order valence-electron chi connectivity index (χ3n) is 3.54. The Bertz CT molecular complexity index is 582. The Hall–Kier alpha value is -1.52. The Labute approximate surface area is 117 Å². The molecule has 0 spiro atoms. The zero-order valence-electron chi connectivity index (χ0n) is 11.3. The number of pyridine rings is 1. The molecular formula is C16H18FNO2. The van der Waals surface area contributed by atoms with E-state index >= 15 is 0 Å². The van der Waals surface area contributed by atoms with E-state index in [1.54, 1.807) is 12.3 Å². The molecule has 0 amide bonds. The molecule has 20 heavy (non-hydrogen) atoms. The fourth-order valence-corrected chi connectivity index (χ4v) is 2.43. The van der Waals surface area contributed by atoms with Crippen molar-refractivity contribution in [3.63, 3.8) is 0 Å². The zero-order valence-corrected chi connectivity index (χ0v) is 11.3. The Morgan fingerprint density at radius 3 is 3.05 bits per heavy atom. The highest BCUT2D eigenvalue weighted by Gasteiger charge is 2.13. The van der Waals surface area contributed by atoms with E-state index in [1.165, 1.54) is 12.1 Å². The quantitative estimate of drug-likeness (QED) is 0.856. The van der Waals surface area contributed by atoms with Crippen LogP contribution in [-0.2, 0) is 15.9 Å². The van der Waals surface area contributed by atoms with Gasteiger partial charge >= 0.3 is 0 Å². The molecule has 1 aliphatic rings. The van der Waals surface area contributed by atoms with Crippen molar-refractivity contribution in [1.82, 2.24) is 4.98 Å². The molecule has 0 N–H and O–H groups in total. The van der Waals surface area contributed by atoms with Crippen LogP contribution in [0, 0.1) is 5.82 Å². The number of ether oxygens (including phenoxy) is 2. The minimum atomic E-state index is -0.221. The summed E-state index contributed by atoms with van der Waals surface area (Å²) in [4.78, 5) is 4.38. The Morgan fingerprint density at radius 1 is 1.25 bits per heavy atom. The van der Waals surface area contributed by atoms with Gasteiger partial charge in [0.2, 0.25) is 0 Å². The van der Waals surface area contributed by atoms with Crippen molar-refractivity contribution in [2.45, 2.75) is 32.0 Å². The third-order valence-corrected chi connectivity index (χ3v) is 3.54. The van der Waals surface area contributed by atoms with E-state index in [9.17, 15) is 4.39 Å². The van der Waals surface area contributed by atoms with Gasteiger partial charge in [0.15, 0.2) is 6.29 Å². The van der Waals surface area contributed by atoms with Gasteiger partial charge in [0, 0.05) is 30.3 Å². The molecule has 106 valence electrons. The van der Waals surface area contributed by atoms with E-state index in [-0.39, 0.29) is 12.1 Å². The number of benzene rings is 1. The standard InChI is InChI=1S/C16H18FNO2/c17-14-5-4-12-11-18-15(10-13(12)9-14)6-8-20-16-3-1-2-7-19-16/h4-5,9-11,16H,1-3,6-8H2/t16-/m0/s1. The van der Waals surface area contributed by atoms with Crippen LogP contribution in [-0.4, -0.2) is 24.5 Å². The average molecular weight is 275 g/mol. The van der Waals surface area contributed by atoms with Gasteiger partial charge in [-0.3, -0.25) is 4.98 Å². The maximum Gasteiger partial charge on any atom is 0.157 e. The minimum absolute atomic E-state index is 0.0679. The van der Waals surface area contributed by atoms with Crippen LogP contribution in [0.4, 0.5) is 4.39 Å². The minimum Gasteiger partial charge on any atom is -0.353 e. The normalized spacial score (nSPS) is 19.4. The molecule has 2 aromatic rings. The lowest BCUT2D eigenvalue weighted by atomic mass is 10.1. The van der Waals surface area contributed by atoms with E-state index in [4.69, 9.17) is 9.47 Å². The van der Waals surface area contributed by atoms with Gasteiger partial charge in [0.1, 0.15) is 5.82 Å². The number of hydrogen-bond acceptors (Lipinski definition) is 3. The van der Waals surface area contributed by atoms with Gasteiger partial charge in [-0.15, -0.1) is 0 Å². The summed E-state index contributed by atoms with van der Waals surface area (Å²) < 4.78 is 24.4. The van der Waals surface area contributed by atoms with Crippen molar-refractivity contribution >= 4 is 10.8 Å². The second-order valence-electron chi connectivity index (χ2n) is 5.08. The molecule has 1 saturated heterocycles. The lowest BCUT2D eigenvalue weighted by Crippen LogP contribution is -2.23. The highest BCUT2D eigenvalue weighted by Crippen LogP contribution is 2.17. The van der Waals surface area contributed by atoms with Gasteiger partial charge in [-0.1, -0.05) is 0 Å². The first-order valence-electron chi connectivity index (χ1n) is 7.09. The number of rotatable bonds is 4. The average Bonchev–Trinajstić information content (AvgIpc) is 2.48. The third kappa shape index (κ3) is 3.32. The molecule has 0 saturated carbocycles. The molecule has 3 nitrogen and oxygen atoms in total. The number of halogens is 1. The number of nitrogens with zero attached hydrogens (tertiary/aromatic N) is 1. The SMILES string of the molecule is Fc1ccc2cnc(CCO[C@H]3CCCCO3)cc2c1. The monoisotopic (exact) mass is 275 g/mol. The van der Waals surface area contributed by atoms with Crippen molar-refractivity contribution in [1.29, 1.82) is 0 Å². The first-order valence-corrected chi connectivity index (χ1v) is 7.09. The lowest BCUT2D eigenvalue weighted by Gasteiger charge is -2.22. The van der Waals surface area contributed by atoms with E-state index < -0.39 is 0 Å². The zero-order chi connectivity index (χ0) is 13.8. The highest BCUT2D eigenvalue weighted by atomic mass is 19.1. The Balaban J connectivity index is 1.59. The molecule has 1 aliphatic heterocycles. The fourth-order valence-electron chi connectivity index (χ4n) is 2.43. The van der Waals surface area contributed by atoms with Crippen molar-refractivity contribution in [2.24, 2.45) is 0 Å². The Kier molecular flexibility index (Phi) is 4.23. The predicted octanol–water partition coefficient (Wildman–Crippen LogP) is 3.46. The number of hydrogen-bond donors (Lipinski definition) is 0. The van der Waals surface area contributed by atoms with Gasteiger partial charge in [0.05, 0.1) is 6.61 Å². The summed E-state index contributed by atoms with van der Waals surface area (Å²) >= 11 is 0. The first kappa shape index (κ1) is 13.5. The molecule has 1 fully saturated rings. The summed E-state index contributed by atoms with van der Waals surface area (Å²) in [6.07, 6.45) is 5.68. The first-order chi connectivity index (χ1) is 9.81. The van der Waals surface area contributed by atoms with Crippen molar-refractivity contribution < 1.29 is 13.9 Å². The van der Waals surface area contributed by atoms with Crippen LogP contribution in [0.15, 0.2) is 30.5 Å². The topological polar surface area (TPSA) is 31.4 Å². The van der Waals surface area contributed by atoms with E-state index in [0.717, 1.165) is 42.3 Å². The molecule has 3 rings (SSSR count). The van der Waals surface area contributed by atoms with Crippen LogP contribution in [0.1, 0.15) is 25.0 Å². The predicted molar refractivity (Wildman–Crippen MR) is 74.9 cm³/mol. The molecule has 4 heteroatoms. The molecule has 1 aromatic heterocycles. The molecule has 1 aromatic carbocycles. The number of aromatic nitrogens is 1. The summed E-state index contributed by atoms with van der Waals surface area (Å²) in [5.41, 5.74) is 0.916. The smallest absolute Gasteiger partial charge is 0.157 e. The van der Waals surface area contributed by atoms with Crippen LogP contribution in [0.3, 0.4) is 0 Å². The van der Waals surface area contributed by atoms with Crippen LogP contribution < -0.4 is 0 Å². The van der Waals surface area contributed by atoms with Crippen LogP contribution in [0.2, 0.25) is 0 Å². The summed E-state index contributed by atoms with van der Waals surface area (Å²) in [6.45, 7) is 1.37. The van der Waals surface area contributed by atoms with E-state index in [2.05, 4.69) is 4.98 Å². The fraction of sp³-hybridized carbons (Fsp3) is 0.438. The van der Waals surface area contributed by atoms with Crippen LogP contribution in [0.25, 0.3) is 10.8 Å². The second-order valence-corrected chi connectivity index (χ2v) is 5.08.